The third kappa shape index (κ3) is 1.26. The van der Waals surface area contributed by atoms with Gasteiger partial charge >= 0.3 is 0 Å². The maximum Gasteiger partial charge on any atom is 0.0636 e. The molecule has 2 aliphatic rings. The molecule has 2 aliphatic carbocycles. The van der Waals surface area contributed by atoms with Crippen molar-refractivity contribution in [3.63, 3.8) is 0 Å². The minimum absolute atomic E-state index is 0.186. The van der Waals surface area contributed by atoms with E-state index in [0.29, 0.717) is 12.3 Å². The Labute approximate surface area is 83.0 Å². The Kier molecular flexibility index (Phi) is 1.92. The molecule has 0 heterocycles. The van der Waals surface area contributed by atoms with Crippen LogP contribution in [0.25, 0.3) is 0 Å². The van der Waals surface area contributed by atoms with E-state index in [-0.39, 0.29) is 10.3 Å². The number of aliphatic hydroxyl groups is 1. The summed E-state index contributed by atoms with van der Waals surface area (Å²) in [6, 6.07) is 0. The highest BCUT2D eigenvalue weighted by molar-refractivity contribution is 6.29. The van der Waals surface area contributed by atoms with Gasteiger partial charge in [-0.3, -0.25) is 0 Å². The van der Waals surface area contributed by atoms with Gasteiger partial charge in [0.2, 0.25) is 0 Å². The van der Waals surface area contributed by atoms with Crippen molar-refractivity contribution in [2.24, 2.45) is 5.92 Å². The van der Waals surface area contributed by atoms with E-state index in [9.17, 15) is 5.11 Å². The molecule has 0 aromatic heterocycles. The van der Waals surface area contributed by atoms with Crippen LogP contribution in [0.5, 0.6) is 0 Å². The average Bonchev–Trinajstić information content (AvgIpc) is 1.82. The Morgan fingerprint density at radius 2 is 2.17 bits per heavy atom. The first kappa shape index (κ1) is 9.11. The first-order chi connectivity index (χ1) is 5.43. The van der Waals surface area contributed by atoms with Gasteiger partial charge in [-0.1, -0.05) is 0 Å². The molecule has 1 nitrogen and oxygen atoms in total. The standard InChI is InChI=1S/C9H14Cl2O/c1-8(12)3-2-6-7(10)4-9(6,11)5-8/h6-7,12H,2-5H2,1H3/t6-,7+,8-,9+/m1/s1. The molecule has 12 heavy (non-hydrogen) atoms. The van der Waals surface area contributed by atoms with Crippen molar-refractivity contribution in [1.82, 2.24) is 0 Å². The van der Waals surface area contributed by atoms with Crippen molar-refractivity contribution in [2.45, 2.75) is 48.5 Å². The average molecular weight is 209 g/mol. The highest BCUT2D eigenvalue weighted by Gasteiger charge is 2.57. The molecule has 0 unspecified atom stereocenters. The minimum atomic E-state index is -0.560. The Morgan fingerprint density at radius 3 is 2.67 bits per heavy atom. The normalized spacial score (nSPS) is 59.0. The van der Waals surface area contributed by atoms with Crippen LogP contribution in [-0.4, -0.2) is 21.0 Å². The lowest BCUT2D eigenvalue weighted by Gasteiger charge is -2.55. The largest absolute Gasteiger partial charge is 0.390 e. The van der Waals surface area contributed by atoms with Gasteiger partial charge in [0.25, 0.3) is 0 Å². The molecular formula is C9H14Cl2O. The van der Waals surface area contributed by atoms with Crippen LogP contribution in [0.4, 0.5) is 0 Å². The zero-order valence-electron chi connectivity index (χ0n) is 7.19. The lowest BCUT2D eigenvalue weighted by atomic mass is 9.60. The Morgan fingerprint density at radius 1 is 1.50 bits per heavy atom. The second-order valence-corrected chi connectivity index (χ2v) is 5.89. The summed E-state index contributed by atoms with van der Waals surface area (Å²) in [5, 5.41) is 10.1. The monoisotopic (exact) mass is 208 g/mol. The topological polar surface area (TPSA) is 20.2 Å². The van der Waals surface area contributed by atoms with Crippen molar-refractivity contribution in [2.75, 3.05) is 0 Å². The molecule has 0 aromatic rings. The molecule has 1 N–H and O–H groups in total. The number of hydrogen-bond acceptors (Lipinski definition) is 1. The molecule has 0 spiro atoms. The molecule has 2 rings (SSSR count). The SMILES string of the molecule is C[C@@]1(O)CC[C@@H]2[C@@H](Cl)C[C@]2(Cl)C1. The first-order valence-electron chi connectivity index (χ1n) is 4.48. The lowest BCUT2D eigenvalue weighted by Crippen LogP contribution is -2.58. The number of hydrogen-bond donors (Lipinski definition) is 1. The van der Waals surface area contributed by atoms with Crippen molar-refractivity contribution in [3.05, 3.63) is 0 Å². The van der Waals surface area contributed by atoms with Gasteiger partial charge in [-0.25, -0.2) is 0 Å². The van der Waals surface area contributed by atoms with Crippen LogP contribution in [0.3, 0.4) is 0 Å². The van der Waals surface area contributed by atoms with Crippen LogP contribution in [0.2, 0.25) is 0 Å². The van der Waals surface area contributed by atoms with Gasteiger partial charge < -0.3 is 5.11 Å². The summed E-state index contributed by atoms with van der Waals surface area (Å²) in [7, 11) is 0. The molecular weight excluding hydrogens is 195 g/mol. The third-order valence-electron chi connectivity index (χ3n) is 3.30. The highest BCUT2D eigenvalue weighted by Crippen LogP contribution is 2.57. The maximum atomic E-state index is 9.82. The van der Waals surface area contributed by atoms with E-state index in [1.165, 1.54) is 0 Å². The van der Waals surface area contributed by atoms with E-state index < -0.39 is 5.60 Å². The Hall–Kier alpha value is 0.540. The summed E-state index contributed by atoms with van der Waals surface area (Å²) in [5.41, 5.74) is -0.560. The van der Waals surface area contributed by atoms with E-state index in [2.05, 4.69) is 0 Å². The molecule has 0 aromatic carbocycles. The van der Waals surface area contributed by atoms with Gasteiger partial charge in [0.1, 0.15) is 0 Å². The fourth-order valence-corrected chi connectivity index (χ4v) is 4.11. The van der Waals surface area contributed by atoms with Crippen molar-refractivity contribution in [1.29, 1.82) is 0 Å². The molecule has 4 atom stereocenters. The van der Waals surface area contributed by atoms with Gasteiger partial charge in [0, 0.05) is 5.38 Å². The van der Waals surface area contributed by atoms with Crippen LogP contribution in [-0.2, 0) is 0 Å². The summed E-state index contributed by atoms with van der Waals surface area (Å²) in [4.78, 5) is -0.186. The first-order valence-corrected chi connectivity index (χ1v) is 5.30. The summed E-state index contributed by atoms with van der Waals surface area (Å²) in [6.07, 6.45) is 3.38. The van der Waals surface area contributed by atoms with E-state index in [4.69, 9.17) is 23.2 Å². The number of rotatable bonds is 0. The summed E-state index contributed by atoms with van der Waals surface area (Å²) in [6.45, 7) is 1.87. The van der Waals surface area contributed by atoms with Crippen LogP contribution < -0.4 is 0 Å². The number of fused-ring (bicyclic) bond motifs is 1. The molecule has 0 saturated heterocycles. The van der Waals surface area contributed by atoms with Crippen molar-refractivity contribution >= 4 is 23.2 Å². The number of halogens is 2. The van der Waals surface area contributed by atoms with Crippen LogP contribution in [0.1, 0.15) is 32.6 Å². The zero-order valence-corrected chi connectivity index (χ0v) is 8.70. The molecule has 70 valence electrons. The molecule has 2 fully saturated rings. The predicted octanol–water partition coefficient (Wildman–Crippen LogP) is 2.53. The quantitative estimate of drug-likeness (QED) is 0.608. The minimum Gasteiger partial charge on any atom is -0.390 e. The van der Waals surface area contributed by atoms with E-state index in [1.54, 1.807) is 0 Å². The fourth-order valence-electron chi connectivity index (χ4n) is 2.61. The van der Waals surface area contributed by atoms with E-state index in [0.717, 1.165) is 19.3 Å². The molecule has 0 aliphatic heterocycles. The molecule has 2 saturated carbocycles. The van der Waals surface area contributed by atoms with Gasteiger partial charge in [-0.05, 0) is 38.5 Å². The van der Waals surface area contributed by atoms with E-state index >= 15 is 0 Å². The molecule has 3 heteroatoms. The maximum absolute atomic E-state index is 9.82. The fraction of sp³-hybridized carbons (Fsp3) is 1.00. The Balaban J connectivity index is 2.10. The Bertz CT molecular complexity index is 205. The van der Waals surface area contributed by atoms with Crippen LogP contribution in [0.15, 0.2) is 0 Å². The summed E-state index contributed by atoms with van der Waals surface area (Å²) < 4.78 is 0. The van der Waals surface area contributed by atoms with Gasteiger partial charge in [-0.15, -0.1) is 23.2 Å². The van der Waals surface area contributed by atoms with E-state index in [1.807, 2.05) is 6.92 Å². The van der Waals surface area contributed by atoms with Gasteiger partial charge in [-0.2, -0.15) is 0 Å². The van der Waals surface area contributed by atoms with Crippen LogP contribution in [0, 0.1) is 5.92 Å². The smallest absolute Gasteiger partial charge is 0.0636 e. The lowest BCUT2D eigenvalue weighted by molar-refractivity contribution is -0.0366. The van der Waals surface area contributed by atoms with Gasteiger partial charge in [0.05, 0.1) is 10.5 Å². The molecule has 0 bridgehead atoms. The van der Waals surface area contributed by atoms with Crippen molar-refractivity contribution in [3.8, 4) is 0 Å². The van der Waals surface area contributed by atoms with Crippen molar-refractivity contribution < 1.29 is 5.11 Å². The zero-order chi connectivity index (χ0) is 8.98. The summed E-state index contributed by atoms with van der Waals surface area (Å²) in [5.74, 6) is 0.432. The molecule has 0 radical (unpaired) electrons. The summed E-state index contributed by atoms with van der Waals surface area (Å²) >= 11 is 12.4. The second kappa shape index (κ2) is 2.52. The molecule has 0 amide bonds. The van der Waals surface area contributed by atoms with Crippen LogP contribution >= 0.6 is 23.2 Å². The highest BCUT2D eigenvalue weighted by atomic mass is 35.5. The third-order valence-corrected chi connectivity index (χ3v) is 4.33. The number of alkyl halides is 2. The predicted molar refractivity (Wildman–Crippen MR) is 50.8 cm³/mol. The second-order valence-electron chi connectivity index (χ2n) is 4.57. The van der Waals surface area contributed by atoms with Gasteiger partial charge in [0.15, 0.2) is 0 Å².